The predicted molar refractivity (Wildman–Crippen MR) is 82.5 cm³/mol. The van der Waals surface area contributed by atoms with Crippen LogP contribution in [-0.2, 0) is 17.7 Å². The molecule has 2 aromatic heterocycles. The second-order valence-corrected chi connectivity index (χ2v) is 6.28. The third kappa shape index (κ3) is 4.23. The zero-order valence-electron chi connectivity index (χ0n) is 11.8. The molecule has 3 heterocycles. The Balaban J connectivity index is 1.50. The SMILES string of the molecule is O=c1cc(CC[C@@H]2CN(Cc3cccs3)CCO2)nc[nH]1. The fourth-order valence-corrected chi connectivity index (χ4v) is 3.32. The maximum absolute atomic E-state index is 11.2. The van der Waals surface area contributed by atoms with Crippen molar-refractivity contribution in [3.8, 4) is 0 Å². The Kier molecular flexibility index (Phi) is 4.80. The average Bonchev–Trinajstić information content (AvgIpc) is 2.99. The van der Waals surface area contributed by atoms with Crippen molar-refractivity contribution in [1.82, 2.24) is 14.9 Å². The first-order valence-electron chi connectivity index (χ1n) is 7.19. The van der Waals surface area contributed by atoms with Crippen molar-refractivity contribution in [3.63, 3.8) is 0 Å². The van der Waals surface area contributed by atoms with E-state index in [1.165, 1.54) is 11.2 Å². The Morgan fingerprint density at radius 2 is 2.48 bits per heavy atom. The molecule has 112 valence electrons. The lowest BCUT2D eigenvalue weighted by molar-refractivity contribution is -0.0343. The number of rotatable bonds is 5. The summed E-state index contributed by atoms with van der Waals surface area (Å²) >= 11 is 1.80. The standard InChI is InChI=1S/C15H19N3O2S/c19-15-8-12(16-11-17-15)3-4-13-9-18(5-6-20-13)10-14-2-1-7-21-14/h1-2,7-8,11,13H,3-6,9-10H2,(H,16,17,19)/t13-/m1/s1. The highest BCUT2D eigenvalue weighted by Crippen LogP contribution is 2.16. The Morgan fingerprint density at radius 3 is 3.29 bits per heavy atom. The van der Waals surface area contributed by atoms with Crippen LogP contribution in [-0.4, -0.2) is 40.7 Å². The molecule has 0 bridgehead atoms. The van der Waals surface area contributed by atoms with Crippen LogP contribution in [0.15, 0.2) is 34.7 Å². The summed E-state index contributed by atoms with van der Waals surface area (Å²) in [7, 11) is 0. The van der Waals surface area contributed by atoms with E-state index in [0.717, 1.165) is 44.8 Å². The normalized spacial score (nSPS) is 19.7. The van der Waals surface area contributed by atoms with Crippen molar-refractivity contribution in [2.45, 2.75) is 25.5 Å². The van der Waals surface area contributed by atoms with Crippen molar-refractivity contribution in [3.05, 3.63) is 50.8 Å². The lowest BCUT2D eigenvalue weighted by Crippen LogP contribution is -2.42. The smallest absolute Gasteiger partial charge is 0.250 e. The fraction of sp³-hybridized carbons (Fsp3) is 0.467. The van der Waals surface area contributed by atoms with Crippen LogP contribution in [0, 0.1) is 0 Å². The second kappa shape index (κ2) is 6.98. The van der Waals surface area contributed by atoms with Gasteiger partial charge in [0.2, 0.25) is 0 Å². The van der Waals surface area contributed by atoms with Crippen LogP contribution < -0.4 is 5.56 Å². The van der Waals surface area contributed by atoms with Gasteiger partial charge in [-0.1, -0.05) is 6.07 Å². The Morgan fingerprint density at radius 1 is 1.52 bits per heavy atom. The maximum atomic E-state index is 11.2. The van der Waals surface area contributed by atoms with E-state index in [1.807, 2.05) is 0 Å². The summed E-state index contributed by atoms with van der Waals surface area (Å²) in [5, 5.41) is 2.12. The van der Waals surface area contributed by atoms with Gasteiger partial charge in [-0.25, -0.2) is 4.98 Å². The number of hydrogen-bond acceptors (Lipinski definition) is 5. The van der Waals surface area contributed by atoms with Gasteiger partial charge in [0.15, 0.2) is 0 Å². The van der Waals surface area contributed by atoms with Crippen LogP contribution in [0.5, 0.6) is 0 Å². The monoisotopic (exact) mass is 305 g/mol. The van der Waals surface area contributed by atoms with Gasteiger partial charge in [-0.3, -0.25) is 9.69 Å². The summed E-state index contributed by atoms with van der Waals surface area (Å²) in [6.45, 7) is 3.71. The van der Waals surface area contributed by atoms with Gasteiger partial charge in [-0.2, -0.15) is 0 Å². The summed E-state index contributed by atoms with van der Waals surface area (Å²) < 4.78 is 5.83. The molecule has 1 aliphatic rings. The Hall–Kier alpha value is -1.50. The summed E-state index contributed by atoms with van der Waals surface area (Å²) in [5.41, 5.74) is 0.738. The molecule has 0 saturated carbocycles. The van der Waals surface area contributed by atoms with E-state index >= 15 is 0 Å². The molecule has 0 radical (unpaired) electrons. The molecule has 0 aliphatic carbocycles. The summed E-state index contributed by atoms with van der Waals surface area (Å²) in [6, 6.07) is 5.83. The molecule has 21 heavy (non-hydrogen) atoms. The van der Waals surface area contributed by atoms with Crippen LogP contribution in [0.3, 0.4) is 0 Å². The van der Waals surface area contributed by atoms with E-state index in [-0.39, 0.29) is 11.7 Å². The minimum atomic E-state index is -0.0936. The summed E-state index contributed by atoms with van der Waals surface area (Å²) in [5.74, 6) is 0. The molecule has 1 atom stereocenters. The summed E-state index contributed by atoms with van der Waals surface area (Å²) in [4.78, 5) is 21.8. The van der Waals surface area contributed by atoms with Gasteiger partial charge < -0.3 is 9.72 Å². The predicted octanol–water partition coefficient (Wildman–Crippen LogP) is 1.67. The van der Waals surface area contributed by atoms with Crippen LogP contribution in [0.25, 0.3) is 0 Å². The molecule has 3 rings (SSSR count). The minimum Gasteiger partial charge on any atom is -0.376 e. The van der Waals surface area contributed by atoms with Crippen molar-refractivity contribution < 1.29 is 4.74 Å². The number of hydrogen-bond donors (Lipinski definition) is 1. The van der Waals surface area contributed by atoms with Crippen LogP contribution in [0.1, 0.15) is 17.0 Å². The number of nitrogens with one attached hydrogen (secondary N) is 1. The number of H-pyrrole nitrogens is 1. The zero-order valence-corrected chi connectivity index (χ0v) is 12.6. The molecule has 1 fully saturated rings. The van der Waals surface area contributed by atoms with Crippen LogP contribution in [0.2, 0.25) is 0 Å². The second-order valence-electron chi connectivity index (χ2n) is 5.25. The van der Waals surface area contributed by atoms with E-state index in [9.17, 15) is 4.79 Å². The molecule has 2 aromatic rings. The van der Waals surface area contributed by atoms with Crippen molar-refractivity contribution in [1.29, 1.82) is 0 Å². The van der Waals surface area contributed by atoms with Gasteiger partial charge in [0.25, 0.3) is 5.56 Å². The first-order valence-corrected chi connectivity index (χ1v) is 8.07. The molecule has 0 spiro atoms. The highest BCUT2D eigenvalue weighted by Gasteiger charge is 2.20. The average molecular weight is 305 g/mol. The number of ether oxygens (including phenoxy) is 1. The molecule has 5 nitrogen and oxygen atoms in total. The number of aromatic amines is 1. The minimum absolute atomic E-state index is 0.0936. The maximum Gasteiger partial charge on any atom is 0.250 e. The Bertz CT molecular complexity index is 611. The first-order chi connectivity index (χ1) is 10.3. The van der Waals surface area contributed by atoms with Crippen molar-refractivity contribution in [2.75, 3.05) is 19.7 Å². The number of aryl methyl sites for hydroxylation is 1. The first kappa shape index (κ1) is 14.4. The molecular formula is C15H19N3O2S. The van der Waals surface area contributed by atoms with E-state index in [2.05, 4.69) is 32.4 Å². The van der Waals surface area contributed by atoms with Crippen molar-refractivity contribution >= 4 is 11.3 Å². The molecule has 0 unspecified atom stereocenters. The number of morpholine rings is 1. The molecule has 1 N–H and O–H groups in total. The van der Waals surface area contributed by atoms with Gasteiger partial charge in [0.05, 0.1) is 19.0 Å². The molecule has 0 aromatic carbocycles. The molecular weight excluding hydrogens is 286 g/mol. The number of nitrogens with zero attached hydrogens (tertiary/aromatic N) is 2. The van der Waals surface area contributed by atoms with Gasteiger partial charge in [0, 0.05) is 36.3 Å². The lowest BCUT2D eigenvalue weighted by Gasteiger charge is -2.32. The Labute approximate surface area is 127 Å². The van der Waals surface area contributed by atoms with Gasteiger partial charge in [-0.15, -0.1) is 11.3 Å². The van der Waals surface area contributed by atoms with E-state index in [4.69, 9.17) is 4.74 Å². The number of aromatic nitrogens is 2. The highest BCUT2D eigenvalue weighted by atomic mass is 32.1. The van der Waals surface area contributed by atoms with E-state index in [0.29, 0.717) is 0 Å². The van der Waals surface area contributed by atoms with Crippen LogP contribution in [0.4, 0.5) is 0 Å². The largest absolute Gasteiger partial charge is 0.376 e. The fourth-order valence-electron chi connectivity index (χ4n) is 2.58. The number of thiophene rings is 1. The van der Waals surface area contributed by atoms with E-state index in [1.54, 1.807) is 17.4 Å². The lowest BCUT2D eigenvalue weighted by atomic mass is 10.1. The van der Waals surface area contributed by atoms with E-state index < -0.39 is 0 Å². The molecule has 0 amide bonds. The van der Waals surface area contributed by atoms with Gasteiger partial charge in [-0.05, 0) is 24.3 Å². The molecule has 1 saturated heterocycles. The van der Waals surface area contributed by atoms with Gasteiger partial charge in [0.1, 0.15) is 0 Å². The van der Waals surface area contributed by atoms with Crippen LogP contribution >= 0.6 is 11.3 Å². The molecule has 1 aliphatic heterocycles. The summed E-state index contributed by atoms with van der Waals surface area (Å²) in [6.07, 6.45) is 3.36. The quantitative estimate of drug-likeness (QED) is 0.913. The molecule has 6 heteroatoms. The van der Waals surface area contributed by atoms with Crippen molar-refractivity contribution in [2.24, 2.45) is 0 Å². The third-order valence-corrected chi connectivity index (χ3v) is 4.50. The topological polar surface area (TPSA) is 58.2 Å². The zero-order chi connectivity index (χ0) is 14.5. The highest BCUT2D eigenvalue weighted by molar-refractivity contribution is 7.09. The van der Waals surface area contributed by atoms with Gasteiger partial charge >= 0.3 is 0 Å². The third-order valence-electron chi connectivity index (χ3n) is 3.64.